The zero-order chi connectivity index (χ0) is 13.1. The molecule has 1 aromatic heterocycles. The number of carbonyl (C=O) groups is 1. The first-order valence-electron chi connectivity index (χ1n) is 6.41. The Labute approximate surface area is 107 Å². The molecule has 5 nitrogen and oxygen atoms in total. The molecule has 98 valence electrons. The largest absolute Gasteiger partial charge is 0.481 e. The summed E-state index contributed by atoms with van der Waals surface area (Å²) in [6.45, 7) is 5.51. The maximum atomic E-state index is 11.1. The molecule has 1 aromatic rings. The van der Waals surface area contributed by atoms with Gasteiger partial charge in [0.25, 0.3) is 0 Å². The molecule has 0 aromatic carbocycles. The third-order valence-electron chi connectivity index (χ3n) is 3.57. The van der Waals surface area contributed by atoms with Crippen LogP contribution < -0.4 is 4.90 Å². The number of piperidine rings is 1. The summed E-state index contributed by atoms with van der Waals surface area (Å²) in [5, 5.41) is 9.11. The van der Waals surface area contributed by atoms with Crippen LogP contribution >= 0.6 is 0 Å². The second-order valence-corrected chi connectivity index (χ2v) is 4.75. The molecule has 0 aliphatic carbocycles. The summed E-state index contributed by atoms with van der Waals surface area (Å²) < 4.78 is 0. The van der Waals surface area contributed by atoms with Crippen LogP contribution in [0.1, 0.15) is 31.0 Å². The molecule has 0 amide bonds. The lowest BCUT2D eigenvalue weighted by Crippen LogP contribution is -2.39. The lowest BCUT2D eigenvalue weighted by atomic mass is 9.98. The Morgan fingerprint density at radius 3 is 3.00 bits per heavy atom. The van der Waals surface area contributed by atoms with Crippen LogP contribution in [0.15, 0.2) is 6.33 Å². The normalized spacial score (nSPS) is 19.9. The molecule has 1 aliphatic heterocycles. The molecule has 1 aliphatic rings. The van der Waals surface area contributed by atoms with Gasteiger partial charge in [0.2, 0.25) is 0 Å². The van der Waals surface area contributed by atoms with Crippen LogP contribution in [0.5, 0.6) is 0 Å². The molecule has 18 heavy (non-hydrogen) atoms. The number of aryl methyl sites for hydroxylation is 1. The van der Waals surface area contributed by atoms with E-state index < -0.39 is 5.97 Å². The van der Waals surface area contributed by atoms with Crippen molar-refractivity contribution in [1.82, 2.24) is 9.97 Å². The first-order chi connectivity index (χ1) is 8.63. The summed E-state index contributed by atoms with van der Waals surface area (Å²) in [7, 11) is 0. The second-order valence-electron chi connectivity index (χ2n) is 4.75. The Balaban J connectivity index is 2.23. The quantitative estimate of drug-likeness (QED) is 0.882. The van der Waals surface area contributed by atoms with Gasteiger partial charge in [-0.2, -0.15) is 0 Å². The zero-order valence-electron chi connectivity index (χ0n) is 10.9. The van der Waals surface area contributed by atoms with Crippen molar-refractivity contribution in [2.45, 2.75) is 33.1 Å². The molecule has 5 heteroatoms. The molecule has 0 radical (unpaired) electrons. The van der Waals surface area contributed by atoms with Gasteiger partial charge in [0.05, 0.1) is 5.92 Å². The number of nitrogens with zero attached hydrogens (tertiary/aromatic N) is 3. The molecular formula is C13H19N3O2. The van der Waals surface area contributed by atoms with Gasteiger partial charge in [0.1, 0.15) is 12.1 Å². The Bertz CT molecular complexity index is 448. The summed E-state index contributed by atoms with van der Waals surface area (Å²) in [4.78, 5) is 21.7. The van der Waals surface area contributed by atoms with Crippen molar-refractivity contribution in [2.75, 3.05) is 18.0 Å². The summed E-state index contributed by atoms with van der Waals surface area (Å²) >= 11 is 0. The summed E-state index contributed by atoms with van der Waals surface area (Å²) in [6, 6.07) is 0. The van der Waals surface area contributed by atoms with E-state index in [0.29, 0.717) is 6.54 Å². The summed E-state index contributed by atoms with van der Waals surface area (Å²) in [6.07, 6.45) is 4.11. The van der Waals surface area contributed by atoms with Gasteiger partial charge in [-0.3, -0.25) is 4.79 Å². The summed E-state index contributed by atoms with van der Waals surface area (Å²) in [5.74, 6) is -0.0897. The Morgan fingerprint density at radius 1 is 1.56 bits per heavy atom. The molecule has 1 N–H and O–H groups in total. The van der Waals surface area contributed by atoms with Crippen LogP contribution in [0, 0.1) is 12.8 Å². The fraction of sp³-hybridized carbons (Fsp3) is 0.615. The van der Waals surface area contributed by atoms with Crippen LogP contribution in [0.2, 0.25) is 0 Å². The number of rotatable bonds is 3. The van der Waals surface area contributed by atoms with Crippen molar-refractivity contribution < 1.29 is 9.90 Å². The number of anilines is 1. The smallest absolute Gasteiger partial charge is 0.308 e. The molecule has 2 rings (SSSR count). The molecular weight excluding hydrogens is 230 g/mol. The lowest BCUT2D eigenvalue weighted by Gasteiger charge is -2.32. The minimum absolute atomic E-state index is 0.279. The topological polar surface area (TPSA) is 66.3 Å². The van der Waals surface area contributed by atoms with Crippen LogP contribution in [0.3, 0.4) is 0 Å². The van der Waals surface area contributed by atoms with E-state index in [1.54, 1.807) is 6.33 Å². The van der Waals surface area contributed by atoms with Gasteiger partial charge in [-0.15, -0.1) is 0 Å². The predicted molar refractivity (Wildman–Crippen MR) is 68.7 cm³/mol. The van der Waals surface area contributed by atoms with E-state index in [9.17, 15) is 4.79 Å². The average Bonchev–Trinajstić information content (AvgIpc) is 2.39. The van der Waals surface area contributed by atoms with Gasteiger partial charge in [0.15, 0.2) is 0 Å². The molecule has 0 spiro atoms. The van der Waals surface area contributed by atoms with E-state index in [4.69, 9.17) is 5.11 Å². The van der Waals surface area contributed by atoms with Gasteiger partial charge in [-0.05, 0) is 26.2 Å². The first-order valence-corrected chi connectivity index (χ1v) is 6.41. The minimum atomic E-state index is -0.706. The van der Waals surface area contributed by atoms with Gasteiger partial charge >= 0.3 is 5.97 Å². The highest BCUT2D eigenvalue weighted by atomic mass is 16.4. The number of carboxylic acids is 1. The van der Waals surface area contributed by atoms with Crippen molar-refractivity contribution in [1.29, 1.82) is 0 Å². The van der Waals surface area contributed by atoms with E-state index >= 15 is 0 Å². The maximum absolute atomic E-state index is 11.1. The summed E-state index contributed by atoms with van der Waals surface area (Å²) in [5.41, 5.74) is 2.11. The molecule has 2 heterocycles. The number of aliphatic carboxylic acids is 1. The third-order valence-corrected chi connectivity index (χ3v) is 3.57. The fourth-order valence-corrected chi connectivity index (χ4v) is 2.52. The Kier molecular flexibility index (Phi) is 3.79. The average molecular weight is 249 g/mol. The number of hydrogen-bond acceptors (Lipinski definition) is 4. The van der Waals surface area contributed by atoms with Crippen LogP contribution in [0.25, 0.3) is 0 Å². The van der Waals surface area contributed by atoms with Gasteiger partial charge in [-0.1, -0.05) is 6.92 Å². The molecule has 1 fully saturated rings. The van der Waals surface area contributed by atoms with Crippen molar-refractivity contribution in [3.63, 3.8) is 0 Å². The van der Waals surface area contributed by atoms with Gasteiger partial charge in [-0.25, -0.2) is 9.97 Å². The van der Waals surface area contributed by atoms with E-state index in [0.717, 1.165) is 42.9 Å². The molecule has 0 saturated carbocycles. The lowest BCUT2D eigenvalue weighted by molar-refractivity contribution is -0.141. The monoisotopic (exact) mass is 249 g/mol. The highest BCUT2D eigenvalue weighted by molar-refractivity contribution is 5.71. The standard InChI is InChI=1S/C13H19N3O2/c1-3-11-9(2)12(15-8-14-11)16-6-4-5-10(7-16)13(17)18/h8,10H,3-7H2,1-2H3,(H,17,18). The van der Waals surface area contributed by atoms with Crippen molar-refractivity contribution >= 4 is 11.8 Å². The SMILES string of the molecule is CCc1ncnc(N2CCCC(C(=O)O)C2)c1C. The van der Waals surface area contributed by atoms with Crippen LogP contribution in [-0.4, -0.2) is 34.1 Å². The second kappa shape index (κ2) is 5.33. The van der Waals surface area contributed by atoms with E-state index in [1.165, 1.54) is 0 Å². The van der Waals surface area contributed by atoms with Crippen LogP contribution in [-0.2, 0) is 11.2 Å². The van der Waals surface area contributed by atoms with E-state index in [-0.39, 0.29) is 5.92 Å². The first kappa shape index (κ1) is 12.8. The molecule has 1 saturated heterocycles. The number of carboxylic acid groups (broad SMARTS) is 1. The molecule has 0 bridgehead atoms. The number of hydrogen-bond donors (Lipinski definition) is 1. The molecule has 1 unspecified atom stereocenters. The van der Waals surface area contributed by atoms with Crippen molar-refractivity contribution in [3.8, 4) is 0 Å². The molecule has 1 atom stereocenters. The van der Waals surface area contributed by atoms with Crippen molar-refractivity contribution in [3.05, 3.63) is 17.6 Å². The predicted octanol–water partition coefficient (Wildman–Crippen LogP) is 1.65. The van der Waals surface area contributed by atoms with Gasteiger partial charge < -0.3 is 10.0 Å². The van der Waals surface area contributed by atoms with Crippen molar-refractivity contribution in [2.24, 2.45) is 5.92 Å². The van der Waals surface area contributed by atoms with E-state index in [2.05, 4.69) is 21.8 Å². The Morgan fingerprint density at radius 2 is 2.33 bits per heavy atom. The number of aromatic nitrogens is 2. The zero-order valence-corrected chi connectivity index (χ0v) is 10.9. The minimum Gasteiger partial charge on any atom is -0.481 e. The van der Waals surface area contributed by atoms with E-state index in [1.807, 2.05) is 6.92 Å². The van der Waals surface area contributed by atoms with Gasteiger partial charge in [0, 0.05) is 24.3 Å². The Hall–Kier alpha value is -1.65. The maximum Gasteiger partial charge on any atom is 0.308 e. The highest BCUT2D eigenvalue weighted by Gasteiger charge is 2.27. The highest BCUT2D eigenvalue weighted by Crippen LogP contribution is 2.25. The fourth-order valence-electron chi connectivity index (χ4n) is 2.52. The van der Waals surface area contributed by atoms with Crippen LogP contribution in [0.4, 0.5) is 5.82 Å². The third kappa shape index (κ3) is 2.44.